The molecule has 2 heterocycles. The number of halogens is 1. The Morgan fingerprint density at radius 1 is 1.27 bits per heavy atom. The predicted molar refractivity (Wildman–Crippen MR) is 102 cm³/mol. The Balaban J connectivity index is 0.00000243. The maximum absolute atomic E-state index is 12.6. The smallest absolute Gasteiger partial charge is 0.241 e. The van der Waals surface area contributed by atoms with E-state index in [4.69, 9.17) is 0 Å². The summed E-state index contributed by atoms with van der Waals surface area (Å²) in [5, 5.41) is 5.83. The zero-order valence-electron chi connectivity index (χ0n) is 14.7. The highest BCUT2D eigenvalue weighted by Gasteiger charge is 2.48. The largest absolute Gasteiger partial charge is 0.353 e. The fourth-order valence-electron chi connectivity index (χ4n) is 3.60. The van der Waals surface area contributed by atoms with E-state index >= 15 is 0 Å². The normalized spacial score (nSPS) is 18.8. The van der Waals surface area contributed by atoms with Gasteiger partial charge in [-0.05, 0) is 37.6 Å². The van der Waals surface area contributed by atoms with Crippen molar-refractivity contribution in [2.45, 2.75) is 24.0 Å². The predicted octanol–water partition coefficient (Wildman–Crippen LogP) is 0.281. The number of anilines is 1. The lowest BCUT2D eigenvalue weighted by Gasteiger charge is -2.34. The van der Waals surface area contributed by atoms with Crippen LogP contribution in [0.1, 0.15) is 18.4 Å². The van der Waals surface area contributed by atoms with Crippen molar-refractivity contribution < 1.29 is 18.0 Å². The van der Waals surface area contributed by atoms with Gasteiger partial charge in [-0.1, -0.05) is 18.2 Å². The Bertz CT molecular complexity index is 791. The molecule has 0 unspecified atom stereocenters. The number of nitrogens with zero attached hydrogens (tertiary/aromatic N) is 1. The van der Waals surface area contributed by atoms with Gasteiger partial charge in [0.05, 0.1) is 6.42 Å². The molecule has 1 fully saturated rings. The number of piperidine rings is 1. The van der Waals surface area contributed by atoms with Crippen LogP contribution in [0.25, 0.3) is 0 Å². The first-order valence-corrected chi connectivity index (χ1v) is 10.3. The van der Waals surface area contributed by atoms with Gasteiger partial charge >= 0.3 is 0 Å². The zero-order valence-corrected chi connectivity index (χ0v) is 16.3. The van der Waals surface area contributed by atoms with Crippen molar-refractivity contribution in [3.63, 3.8) is 0 Å². The fraction of sp³-hybridized carbons (Fsp3) is 0.529. The van der Waals surface area contributed by atoms with Crippen LogP contribution in [-0.4, -0.2) is 57.4 Å². The monoisotopic (exact) mass is 401 g/mol. The molecule has 3 rings (SSSR count). The Labute approximate surface area is 159 Å². The van der Waals surface area contributed by atoms with Crippen LogP contribution in [0.15, 0.2) is 24.3 Å². The van der Waals surface area contributed by atoms with Gasteiger partial charge in [-0.25, -0.2) is 8.42 Å². The molecule has 2 aliphatic rings. The van der Waals surface area contributed by atoms with Crippen molar-refractivity contribution in [2.75, 3.05) is 37.3 Å². The number of amides is 2. The van der Waals surface area contributed by atoms with E-state index in [-0.39, 0.29) is 37.7 Å². The van der Waals surface area contributed by atoms with E-state index in [1.165, 1.54) is 0 Å². The van der Waals surface area contributed by atoms with Crippen LogP contribution < -0.4 is 15.5 Å². The number of nitrogens with one attached hydrogen (secondary N) is 2. The maximum atomic E-state index is 12.6. The van der Waals surface area contributed by atoms with Crippen LogP contribution >= 0.6 is 12.4 Å². The van der Waals surface area contributed by atoms with Crippen molar-refractivity contribution >= 4 is 39.7 Å². The second-order valence-corrected chi connectivity index (χ2v) is 8.95. The van der Waals surface area contributed by atoms with E-state index < -0.39 is 20.5 Å². The van der Waals surface area contributed by atoms with E-state index in [9.17, 15) is 18.0 Å². The second-order valence-electron chi connectivity index (χ2n) is 6.62. The summed E-state index contributed by atoms with van der Waals surface area (Å²) in [5.74, 6) is -0.466. The number of carbonyl (C=O) groups is 2. The lowest BCUT2D eigenvalue weighted by molar-refractivity contribution is -0.124. The van der Waals surface area contributed by atoms with E-state index in [1.54, 1.807) is 4.90 Å². The number of fused-ring (bicyclic) bond motifs is 1. The molecule has 1 aromatic carbocycles. The third-order valence-electron chi connectivity index (χ3n) is 5.08. The first kappa shape index (κ1) is 20.7. The van der Waals surface area contributed by atoms with E-state index in [0.717, 1.165) is 17.5 Å². The minimum absolute atomic E-state index is 0. The lowest BCUT2D eigenvalue weighted by atomic mass is 9.96. The molecular weight excluding hydrogens is 378 g/mol. The van der Waals surface area contributed by atoms with Crippen molar-refractivity contribution in [2.24, 2.45) is 0 Å². The zero-order chi connectivity index (χ0) is 18.1. The van der Waals surface area contributed by atoms with Gasteiger partial charge in [0, 0.05) is 25.0 Å². The number of hydrogen-bond acceptors (Lipinski definition) is 5. The molecule has 0 aliphatic carbocycles. The molecule has 0 aromatic heterocycles. The highest BCUT2D eigenvalue weighted by atomic mass is 35.5. The molecule has 0 atom stereocenters. The van der Waals surface area contributed by atoms with Crippen LogP contribution in [0.2, 0.25) is 0 Å². The highest BCUT2D eigenvalue weighted by Crippen LogP contribution is 2.29. The number of carbonyl (C=O) groups excluding carboxylic acids is 2. The van der Waals surface area contributed by atoms with Gasteiger partial charge in [-0.2, -0.15) is 0 Å². The number of sulfone groups is 1. The average molecular weight is 402 g/mol. The van der Waals surface area contributed by atoms with Gasteiger partial charge in [0.2, 0.25) is 11.8 Å². The van der Waals surface area contributed by atoms with Gasteiger partial charge in [0.1, 0.15) is 0 Å². The molecule has 9 heteroatoms. The van der Waals surface area contributed by atoms with E-state index in [2.05, 4.69) is 10.6 Å². The molecular formula is C17H24ClN3O4S. The van der Waals surface area contributed by atoms with Gasteiger partial charge in [-0.15, -0.1) is 12.4 Å². The summed E-state index contributed by atoms with van der Waals surface area (Å²) in [5.41, 5.74) is 1.84. The molecule has 2 aliphatic heterocycles. The Kier molecular flexibility index (Phi) is 6.31. The molecule has 1 aromatic rings. The summed E-state index contributed by atoms with van der Waals surface area (Å²) < 4.78 is 23.1. The van der Waals surface area contributed by atoms with Gasteiger partial charge in [0.25, 0.3) is 0 Å². The van der Waals surface area contributed by atoms with Crippen LogP contribution in [0.5, 0.6) is 0 Å². The summed E-state index contributed by atoms with van der Waals surface area (Å²) in [4.78, 5) is 26.4. The standard InChI is InChI=1S/C17H23N3O4S.ClH/c1-25(23,24)17(6-8-18-9-7-17)16(22)19-10-11-20-14-5-3-2-4-13(14)12-15(20)21;/h2-5,18H,6-12H2,1H3,(H,19,22);1H. The lowest BCUT2D eigenvalue weighted by Crippen LogP contribution is -2.58. The number of benzene rings is 1. The molecule has 0 saturated carbocycles. The number of para-hydroxylation sites is 1. The van der Waals surface area contributed by atoms with E-state index in [1.807, 2.05) is 24.3 Å². The second kappa shape index (κ2) is 7.94. The Morgan fingerprint density at radius 2 is 1.92 bits per heavy atom. The van der Waals surface area contributed by atoms with E-state index in [0.29, 0.717) is 26.1 Å². The highest BCUT2D eigenvalue weighted by molar-refractivity contribution is 7.92. The number of rotatable bonds is 5. The van der Waals surface area contributed by atoms with Gasteiger partial charge in [-0.3, -0.25) is 9.59 Å². The summed E-state index contributed by atoms with van der Waals surface area (Å²) in [6, 6.07) is 7.56. The number of hydrogen-bond donors (Lipinski definition) is 2. The molecule has 0 radical (unpaired) electrons. The topological polar surface area (TPSA) is 95.6 Å². The molecule has 7 nitrogen and oxygen atoms in total. The Hall–Kier alpha value is -1.64. The van der Waals surface area contributed by atoms with Crippen molar-refractivity contribution in [1.82, 2.24) is 10.6 Å². The van der Waals surface area contributed by atoms with Crippen molar-refractivity contribution in [3.8, 4) is 0 Å². The van der Waals surface area contributed by atoms with Crippen LogP contribution in [0, 0.1) is 0 Å². The molecule has 1 saturated heterocycles. The molecule has 144 valence electrons. The molecule has 26 heavy (non-hydrogen) atoms. The Morgan fingerprint density at radius 3 is 2.58 bits per heavy atom. The maximum Gasteiger partial charge on any atom is 0.241 e. The molecule has 2 N–H and O–H groups in total. The SMILES string of the molecule is CS(=O)(=O)C1(C(=O)NCCN2C(=O)Cc3ccccc32)CCNCC1.Cl. The summed E-state index contributed by atoms with van der Waals surface area (Å²) in [6.07, 6.45) is 2.02. The minimum Gasteiger partial charge on any atom is -0.353 e. The third kappa shape index (κ3) is 3.72. The van der Waals surface area contributed by atoms with Gasteiger partial charge < -0.3 is 15.5 Å². The fourth-order valence-corrected chi connectivity index (χ4v) is 4.96. The van der Waals surface area contributed by atoms with Crippen molar-refractivity contribution in [3.05, 3.63) is 29.8 Å². The summed E-state index contributed by atoms with van der Waals surface area (Å²) in [6.45, 7) is 1.56. The summed E-state index contributed by atoms with van der Waals surface area (Å²) in [7, 11) is -3.53. The molecule has 0 spiro atoms. The first-order chi connectivity index (χ1) is 11.8. The molecule has 2 amide bonds. The third-order valence-corrected chi connectivity index (χ3v) is 7.09. The summed E-state index contributed by atoms with van der Waals surface area (Å²) >= 11 is 0. The average Bonchev–Trinajstić information content (AvgIpc) is 2.90. The van der Waals surface area contributed by atoms with Gasteiger partial charge in [0.15, 0.2) is 14.6 Å². The van der Waals surface area contributed by atoms with Crippen LogP contribution in [-0.2, 0) is 25.8 Å². The van der Waals surface area contributed by atoms with Crippen LogP contribution in [0.3, 0.4) is 0 Å². The first-order valence-electron chi connectivity index (χ1n) is 8.42. The van der Waals surface area contributed by atoms with Crippen LogP contribution in [0.4, 0.5) is 5.69 Å². The minimum atomic E-state index is -3.53. The quantitative estimate of drug-likeness (QED) is 0.738. The van der Waals surface area contributed by atoms with Crippen molar-refractivity contribution in [1.29, 1.82) is 0 Å². The molecule has 0 bridgehead atoms.